The zero-order valence-electron chi connectivity index (χ0n) is 16.6. The van der Waals surface area contributed by atoms with Crippen molar-refractivity contribution < 1.29 is 9.59 Å². The van der Waals surface area contributed by atoms with Crippen molar-refractivity contribution in [2.75, 3.05) is 25.0 Å². The Bertz CT molecular complexity index is 886. The number of carbonyl (C=O) groups excluding carboxylic acids is 2. The van der Waals surface area contributed by atoms with Gasteiger partial charge in [-0.15, -0.1) is 11.3 Å². The SMILES string of the molecule is CC(=O)Nc1ccc(C2=NN(C(=O)CN3CCCCC3)C(c3cccs3)C2)cc1. The maximum atomic E-state index is 13.1. The molecule has 2 aromatic rings. The molecule has 0 saturated carbocycles. The Labute approximate surface area is 175 Å². The van der Waals surface area contributed by atoms with Crippen molar-refractivity contribution in [2.45, 2.75) is 38.6 Å². The van der Waals surface area contributed by atoms with Crippen LogP contribution in [-0.2, 0) is 9.59 Å². The van der Waals surface area contributed by atoms with Crippen molar-refractivity contribution in [3.63, 3.8) is 0 Å². The minimum absolute atomic E-state index is 0.0442. The van der Waals surface area contributed by atoms with Crippen LogP contribution in [0.25, 0.3) is 0 Å². The molecule has 1 N–H and O–H groups in total. The fourth-order valence-corrected chi connectivity index (χ4v) is 4.76. The predicted molar refractivity (Wildman–Crippen MR) is 116 cm³/mol. The van der Waals surface area contributed by atoms with E-state index in [2.05, 4.69) is 16.3 Å². The zero-order valence-corrected chi connectivity index (χ0v) is 17.5. The summed E-state index contributed by atoms with van der Waals surface area (Å²) in [5, 5.41) is 11.3. The topological polar surface area (TPSA) is 65.0 Å². The fraction of sp³-hybridized carbons (Fsp3) is 0.409. The molecule has 1 aromatic carbocycles. The Kier molecular flexibility index (Phi) is 6.06. The van der Waals surface area contributed by atoms with Crippen molar-refractivity contribution in [1.29, 1.82) is 0 Å². The molecule has 3 heterocycles. The van der Waals surface area contributed by atoms with Crippen LogP contribution in [-0.4, -0.2) is 47.1 Å². The highest BCUT2D eigenvalue weighted by Gasteiger charge is 2.34. The number of hydrogen-bond donors (Lipinski definition) is 1. The molecule has 29 heavy (non-hydrogen) atoms. The van der Waals surface area contributed by atoms with Crippen LogP contribution in [0.1, 0.15) is 49.1 Å². The van der Waals surface area contributed by atoms with E-state index < -0.39 is 0 Å². The van der Waals surface area contributed by atoms with Gasteiger partial charge in [-0.2, -0.15) is 5.10 Å². The Morgan fingerprint density at radius 2 is 1.90 bits per heavy atom. The Morgan fingerprint density at radius 3 is 2.55 bits per heavy atom. The molecule has 152 valence electrons. The van der Waals surface area contributed by atoms with Crippen LogP contribution in [0.15, 0.2) is 46.9 Å². The van der Waals surface area contributed by atoms with Gasteiger partial charge in [0.1, 0.15) is 0 Å². The molecule has 1 atom stereocenters. The maximum absolute atomic E-state index is 13.1. The van der Waals surface area contributed by atoms with Crippen molar-refractivity contribution in [1.82, 2.24) is 9.91 Å². The first-order chi connectivity index (χ1) is 14.1. The monoisotopic (exact) mass is 410 g/mol. The van der Waals surface area contributed by atoms with Gasteiger partial charge in [0, 0.05) is 23.9 Å². The Hall–Kier alpha value is -2.51. The average molecular weight is 411 g/mol. The minimum atomic E-state index is -0.0943. The van der Waals surface area contributed by atoms with E-state index in [0.717, 1.165) is 47.8 Å². The smallest absolute Gasteiger partial charge is 0.257 e. The number of rotatable bonds is 5. The third kappa shape index (κ3) is 4.74. The molecule has 2 aliphatic rings. The number of hydrazone groups is 1. The van der Waals surface area contributed by atoms with Crippen LogP contribution in [0, 0.1) is 0 Å². The molecule has 4 rings (SSSR count). The Morgan fingerprint density at radius 1 is 1.14 bits per heavy atom. The van der Waals surface area contributed by atoms with Gasteiger partial charge in [0.25, 0.3) is 5.91 Å². The summed E-state index contributed by atoms with van der Waals surface area (Å²) in [6, 6.07) is 11.7. The molecule has 1 aromatic heterocycles. The number of thiophene rings is 1. The summed E-state index contributed by atoms with van der Waals surface area (Å²) in [5.74, 6) is -0.0293. The first kappa shape index (κ1) is 19.8. The summed E-state index contributed by atoms with van der Waals surface area (Å²) < 4.78 is 0. The molecule has 2 aliphatic heterocycles. The first-order valence-electron chi connectivity index (χ1n) is 10.1. The van der Waals surface area contributed by atoms with Crippen molar-refractivity contribution in [2.24, 2.45) is 5.10 Å². The molecule has 1 unspecified atom stereocenters. The molecule has 6 nitrogen and oxygen atoms in total. The van der Waals surface area contributed by atoms with E-state index in [1.54, 1.807) is 16.3 Å². The van der Waals surface area contributed by atoms with E-state index in [1.165, 1.54) is 13.3 Å². The second-order valence-electron chi connectivity index (χ2n) is 7.62. The maximum Gasteiger partial charge on any atom is 0.257 e. The molecule has 0 bridgehead atoms. The summed E-state index contributed by atoms with van der Waals surface area (Å²) in [4.78, 5) is 27.7. The molecule has 0 aliphatic carbocycles. The van der Waals surface area contributed by atoms with Gasteiger partial charge < -0.3 is 5.32 Å². The largest absolute Gasteiger partial charge is 0.326 e. The lowest BCUT2D eigenvalue weighted by atomic mass is 10.0. The summed E-state index contributed by atoms with van der Waals surface area (Å²) in [5.41, 5.74) is 2.64. The summed E-state index contributed by atoms with van der Waals surface area (Å²) in [6.45, 7) is 3.90. The molecule has 1 fully saturated rings. The minimum Gasteiger partial charge on any atom is -0.326 e. The van der Waals surface area contributed by atoms with Gasteiger partial charge in [0.15, 0.2) is 0 Å². The van der Waals surface area contributed by atoms with Crippen LogP contribution >= 0.6 is 11.3 Å². The molecule has 7 heteroatoms. The van der Waals surface area contributed by atoms with E-state index in [-0.39, 0.29) is 17.9 Å². The predicted octanol–water partition coefficient (Wildman–Crippen LogP) is 3.87. The van der Waals surface area contributed by atoms with Gasteiger partial charge in [-0.05, 0) is 55.1 Å². The molecule has 0 spiro atoms. The van der Waals surface area contributed by atoms with Gasteiger partial charge in [0.2, 0.25) is 5.91 Å². The Balaban J connectivity index is 1.54. The number of likely N-dealkylation sites (tertiary alicyclic amines) is 1. The van der Waals surface area contributed by atoms with Crippen molar-refractivity contribution >= 4 is 34.6 Å². The molecule has 1 saturated heterocycles. The van der Waals surface area contributed by atoms with Crippen LogP contribution in [0.5, 0.6) is 0 Å². The van der Waals surface area contributed by atoms with Crippen LogP contribution < -0.4 is 5.32 Å². The zero-order chi connectivity index (χ0) is 20.2. The van der Waals surface area contributed by atoms with Crippen LogP contribution in [0.2, 0.25) is 0 Å². The van der Waals surface area contributed by atoms with E-state index in [9.17, 15) is 9.59 Å². The molecule has 0 radical (unpaired) electrons. The van der Waals surface area contributed by atoms with Gasteiger partial charge in [-0.3, -0.25) is 14.5 Å². The normalized spacial score (nSPS) is 19.8. The van der Waals surface area contributed by atoms with E-state index in [4.69, 9.17) is 5.10 Å². The lowest BCUT2D eigenvalue weighted by Gasteiger charge is -2.28. The standard InChI is InChI=1S/C22H26N4O2S/c1-16(27)23-18-9-7-17(8-10-18)19-14-20(21-6-5-13-29-21)26(24-19)22(28)15-25-11-3-2-4-12-25/h5-10,13,20H,2-4,11-12,14-15H2,1H3,(H,23,27). The van der Waals surface area contributed by atoms with Crippen LogP contribution in [0.4, 0.5) is 5.69 Å². The molecular weight excluding hydrogens is 384 g/mol. The summed E-state index contributed by atoms with van der Waals surface area (Å²) >= 11 is 1.67. The first-order valence-corrected chi connectivity index (χ1v) is 11.0. The quantitative estimate of drug-likeness (QED) is 0.814. The molecule has 2 amide bonds. The lowest BCUT2D eigenvalue weighted by molar-refractivity contribution is -0.134. The fourth-order valence-electron chi connectivity index (χ4n) is 3.95. The molecular formula is C22H26N4O2S. The highest BCUT2D eigenvalue weighted by molar-refractivity contribution is 7.10. The third-order valence-electron chi connectivity index (χ3n) is 5.38. The van der Waals surface area contributed by atoms with Gasteiger partial charge >= 0.3 is 0 Å². The number of carbonyl (C=O) groups is 2. The van der Waals surface area contributed by atoms with E-state index in [1.807, 2.05) is 35.7 Å². The second kappa shape index (κ2) is 8.88. The number of nitrogens with zero attached hydrogens (tertiary/aromatic N) is 3. The number of nitrogens with one attached hydrogen (secondary N) is 1. The average Bonchev–Trinajstić information content (AvgIpc) is 3.39. The van der Waals surface area contributed by atoms with Gasteiger partial charge in [0.05, 0.1) is 18.3 Å². The number of anilines is 1. The van der Waals surface area contributed by atoms with Gasteiger partial charge in [-0.25, -0.2) is 5.01 Å². The summed E-state index contributed by atoms with van der Waals surface area (Å²) in [6.07, 6.45) is 4.28. The van der Waals surface area contributed by atoms with E-state index in [0.29, 0.717) is 13.0 Å². The van der Waals surface area contributed by atoms with Gasteiger partial charge in [-0.1, -0.05) is 24.6 Å². The lowest BCUT2D eigenvalue weighted by Crippen LogP contribution is -2.40. The number of benzene rings is 1. The van der Waals surface area contributed by atoms with Crippen LogP contribution in [0.3, 0.4) is 0 Å². The van der Waals surface area contributed by atoms with Crippen molar-refractivity contribution in [3.8, 4) is 0 Å². The highest BCUT2D eigenvalue weighted by Crippen LogP contribution is 2.35. The van der Waals surface area contributed by atoms with Crippen molar-refractivity contribution in [3.05, 3.63) is 52.2 Å². The second-order valence-corrected chi connectivity index (χ2v) is 8.59. The van der Waals surface area contributed by atoms with E-state index >= 15 is 0 Å². The highest BCUT2D eigenvalue weighted by atomic mass is 32.1. The number of piperidine rings is 1. The summed E-state index contributed by atoms with van der Waals surface area (Å²) in [7, 11) is 0. The third-order valence-corrected chi connectivity index (χ3v) is 6.36. The number of amides is 2. The number of hydrogen-bond acceptors (Lipinski definition) is 5.